The van der Waals surface area contributed by atoms with Crippen molar-refractivity contribution in [2.45, 2.75) is 6.54 Å². The fourth-order valence-electron chi connectivity index (χ4n) is 3.46. The lowest BCUT2D eigenvalue weighted by molar-refractivity contribution is 0.245. The molecule has 4 rings (SSSR count). The monoisotopic (exact) mass is 354 g/mol. The van der Waals surface area contributed by atoms with Gasteiger partial charge in [-0.1, -0.05) is 18.2 Å². The lowest BCUT2D eigenvalue weighted by Gasteiger charge is -2.35. The number of para-hydroxylation sites is 1. The van der Waals surface area contributed by atoms with Crippen LogP contribution in [0.3, 0.4) is 0 Å². The Morgan fingerprint density at radius 2 is 1.69 bits per heavy atom. The van der Waals surface area contributed by atoms with Crippen LogP contribution in [0.2, 0.25) is 0 Å². The van der Waals surface area contributed by atoms with E-state index in [-0.39, 0.29) is 11.2 Å². The summed E-state index contributed by atoms with van der Waals surface area (Å²) in [4.78, 5) is 36.6. The van der Waals surface area contributed by atoms with Gasteiger partial charge in [-0.15, -0.1) is 0 Å². The molecular formula is C18H22N6O2. The number of rotatable bonds is 3. The van der Waals surface area contributed by atoms with Gasteiger partial charge in [0.15, 0.2) is 5.65 Å². The number of aromatic amines is 1. The molecule has 1 aromatic carbocycles. The quantitative estimate of drug-likeness (QED) is 0.731. The third-order valence-corrected chi connectivity index (χ3v) is 5.01. The van der Waals surface area contributed by atoms with E-state index in [0.717, 1.165) is 30.7 Å². The molecule has 0 unspecified atom stereocenters. The SMILES string of the molecule is Cn1c(=O)c2[nH]c(CN3CCN(c4ccccc4)CC3)nc2n(C)c1=O. The van der Waals surface area contributed by atoms with Crippen molar-refractivity contribution in [3.05, 3.63) is 57.0 Å². The van der Waals surface area contributed by atoms with Crippen LogP contribution in [0.15, 0.2) is 39.9 Å². The van der Waals surface area contributed by atoms with E-state index in [1.165, 1.54) is 17.3 Å². The summed E-state index contributed by atoms with van der Waals surface area (Å²) in [5.41, 5.74) is 1.34. The number of piperazine rings is 1. The maximum Gasteiger partial charge on any atom is 0.332 e. The van der Waals surface area contributed by atoms with Crippen LogP contribution in [-0.2, 0) is 20.6 Å². The largest absolute Gasteiger partial charge is 0.369 e. The van der Waals surface area contributed by atoms with E-state index >= 15 is 0 Å². The van der Waals surface area contributed by atoms with E-state index in [1.54, 1.807) is 7.05 Å². The number of nitrogens with one attached hydrogen (secondary N) is 1. The molecule has 3 aromatic rings. The smallest absolute Gasteiger partial charge is 0.332 e. The number of anilines is 1. The van der Waals surface area contributed by atoms with E-state index in [1.807, 2.05) is 6.07 Å². The molecule has 8 heteroatoms. The highest BCUT2D eigenvalue weighted by molar-refractivity contribution is 5.69. The molecule has 26 heavy (non-hydrogen) atoms. The number of imidazole rings is 1. The molecule has 0 spiro atoms. The number of hydrogen-bond donors (Lipinski definition) is 1. The predicted molar refractivity (Wildman–Crippen MR) is 101 cm³/mol. The first-order valence-corrected chi connectivity index (χ1v) is 8.71. The summed E-state index contributed by atoms with van der Waals surface area (Å²) in [6, 6.07) is 10.4. The van der Waals surface area contributed by atoms with Crippen molar-refractivity contribution >= 4 is 16.9 Å². The lowest BCUT2D eigenvalue weighted by atomic mass is 10.2. The molecule has 1 aliphatic rings. The molecule has 0 saturated carbocycles. The summed E-state index contributed by atoms with van der Waals surface area (Å²) >= 11 is 0. The molecular weight excluding hydrogens is 332 g/mol. The second kappa shape index (κ2) is 6.45. The number of H-pyrrole nitrogens is 1. The molecule has 2 aromatic heterocycles. The van der Waals surface area contributed by atoms with Crippen LogP contribution in [0.1, 0.15) is 5.82 Å². The van der Waals surface area contributed by atoms with E-state index in [4.69, 9.17) is 0 Å². The van der Waals surface area contributed by atoms with Gasteiger partial charge in [-0.2, -0.15) is 0 Å². The molecule has 1 aliphatic heterocycles. The van der Waals surface area contributed by atoms with Crippen LogP contribution in [-0.4, -0.2) is 50.2 Å². The van der Waals surface area contributed by atoms with Gasteiger partial charge in [0.05, 0.1) is 6.54 Å². The van der Waals surface area contributed by atoms with Crippen molar-refractivity contribution in [1.82, 2.24) is 24.0 Å². The number of aryl methyl sites for hydroxylation is 1. The molecule has 3 heterocycles. The average molecular weight is 354 g/mol. The van der Waals surface area contributed by atoms with Gasteiger partial charge in [-0.3, -0.25) is 18.8 Å². The highest BCUT2D eigenvalue weighted by Crippen LogP contribution is 2.16. The second-order valence-electron chi connectivity index (χ2n) is 6.69. The number of nitrogens with zero attached hydrogens (tertiary/aromatic N) is 5. The average Bonchev–Trinajstić information content (AvgIpc) is 3.10. The minimum atomic E-state index is -0.364. The minimum absolute atomic E-state index is 0.337. The Morgan fingerprint density at radius 1 is 1.00 bits per heavy atom. The zero-order chi connectivity index (χ0) is 18.3. The maximum absolute atomic E-state index is 12.3. The highest BCUT2D eigenvalue weighted by Gasteiger charge is 2.19. The summed E-state index contributed by atoms with van der Waals surface area (Å²) in [5, 5.41) is 0. The Hall–Kier alpha value is -2.87. The predicted octanol–water partition coefficient (Wildman–Crippen LogP) is 0.282. The van der Waals surface area contributed by atoms with E-state index in [2.05, 4.69) is 44.0 Å². The third kappa shape index (κ3) is 2.82. The normalized spacial score (nSPS) is 15.7. The molecule has 1 saturated heterocycles. The van der Waals surface area contributed by atoms with Gasteiger partial charge < -0.3 is 9.88 Å². The van der Waals surface area contributed by atoms with Gasteiger partial charge in [0.2, 0.25) is 0 Å². The van der Waals surface area contributed by atoms with Crippen LogP contribution < -0.4 is 16.1 Å². The van der Waals surface area contributed by atoms with Crippen molar-refractivity contribution in [3.8, 4) is 0 Å². The van der Waals surface area contributed by atoms with Gasteiger partial charge in [-0.25, -0.2) is 9.78 Å². The van der Waals surface area contributed by atoms with E-state index in [0.29, 0.717) is 23.5 Å². The number of benzene rings is 1. The van der Waals surface area contributed by atoms with Gasteiger partial charge in [0.1, 0.15) is 11.3 Å². The Labute approximate surface area is 150 Å². The molecule has 0 radical (unpaired) electrons. The molecule has 0 bridgehead atoms. The zero-order valence-corrected chi connectivity index (χ0v) is 15.0. The van der Waals surface area contributed by atoms with Gasteiger partial charge in [0.25, 0.3) is 5.56 Å². The Balaban J connectivity index is 1.51. The zero-order valence-electron chi connectivity index (χ0n) is 15.0. The minimum Gasteiger partial charge on any atom is -0.369 e. The first kappa shape index (κ1) is 16.6. The molecule has 1 fully saturated rings. The van der Waals surface area contributed by atoms with Crippen molar-refractivity contribution in [3.63, 3.8) is 0 Å². The first-order chi connectivity index (χ1) is 12.5. The van der Waals surface area contributed by atoms with Gasteiger partial charge in [0, 0.05) is 46.0 Å². The van der Waals surface area contributed by atoms with Crippen LogP contribution in [0.5, 0.6) is 0 Å². The highest BCUT2D eigenvalue weighted by atomic mass is 16.2. The third-order valence-electron chi connectivity index (χ3n) is 5.01. The van der Waals surface area contributed by atoms with Crippen molar-refractivity contribution in [2.75, 3.05) is 31.1 Å². The van der Waals surface area contributed by atoms with Crippen LogP contribution in [0.4, 0.5) is 5.69 Å². The number of hydrogen-bond acceptors (Lipinski definition) is 5. The summed E-state index contributed by atoms with van der Waals surface area (Å²) in [5.74, 6) is 0.714. The second-order valence-corrected chi connectivity index (χ2v) is 6.69. The fourth-order valence-corrected chi connectivity index (χ4v) is 3.46. The Kier molecular flexibility index (Phi) is 4.12. The molecule has 0 aliphatic carbocycles. The number of aromatic nitrogens is 4. The molecule has 1 N–H and O–H groups in total. The van der Waals surface area contributed by atoms with Crippen LogP contribution >= 0.6 is 0 Å². The summed E-state index contributed by atoms with van der Waals surface area (Å²) < 4.78 is 2.51. The summed E-state index contributed by atoms with van der Waals surface area (Å²) in [6.45, 7) is 4.37. The van der Waals surface area contributed by atoms with E-state index in [9.17, 15) is 9.59 Å². The lowest BCUT2D eigenvalue weighted by Crippen LogP contribution is -2.46. The van der Waals surface area contributed by atoms with E-state index < -0.39 is 0 Å². The fraction of sp³-hybridized carbons (Fsp3) is 0.389. The standard InChI is InChI=1S/C18H22N6O2/c1-21-16-15(17(25)22(2)18(21)26)19-14(20-16)12-23-8-10-24(11-9-23)13-6-4-3-5-7-13/h3-7H,8-12H2,1-2H3,(H,19,20). The topological polar surface area (TPSA) is 79.2 Å². The van der Waals surface area contributed by atoms with Gasteiger partial charge in [-0.05, 0) is 12.1 Å². The van der Waals surface area contributed by atoms with Crippen LogP contribution in [0, 0.1) is 0 Å². The molecule has 0 amide bonds. The van der Waals surface area contributed by atoms with Crippen LogP contribution in [0.25, 0.3) is 11.2 Å². The van der Waals surface area contributed by atoms with Gasteiger partial charge >= 0.3 is 5.69 Å². The molecule has 136 valence electrons. The summed E-state index contributed by atoms with van der Waals surface area (Å²) in [6.07, 6.45) is 0. The Morgan fingerprint density at radius 3 is 2.38 bits per heavy atom. The number of fused-ring (bicyclic) bond motifs is 1. The Bertz CT molecular complexity index is 1040. The molecule has 8 nitrogen and oxygen atoms in total. The maximum atomic E-state index is 12.3. The molecule has 0 atom stereocenters. The van der Waals surface area contributed by atoms with Crippen molar-refractivity contribution < 1.29 is 0 Å². The first-order valence-electron chi connectivity index (χ1n) is 8.71. The van der Waals surface area contributed by atoms with Crippen molar-refractivity contribution in [2.24, 2.45) is 14.1 Å². The van der Waals surface area contributed by atoms with Crippen molar-refractivity contribution in [1.29, 1.82) is 0 Å². The summed E-state index contributed by atoms with van der Waals surface area (Å²) in [7, 11) is 3.11.